The molecule has 1 aromatic heterocycles. The van der Waals surface area contributed by atoms with Crippen LogP contribution in [0.3, 0.4) is 0 Å². The average molecular weight is 437 g/mol. The first kappa shape index (κ1) is 24.9. The summed E-state index contributed by atoms with van der Waals surface area (Å²) >= 11 is 0. The van der Waals surface area contributed by atoms with Gasteiger partial charge in [0.25, 0.3) is 0 Å². The van der Waals surface area contributed by atoms with Crippen molar-refractivity contribution in [3.05, 3.63) is 23.7 Å². The van der Waals surface area contributed by atoms with Gasteiger partial charge in [0, 0.05) is 30.8 Å². The number of carbonyl (C=O) groups is 2. The molecule has 1 heterocycles. The van der Waals surface area contributed by atoms with Crippen molar-refractivity contribution in [2.24, 2.45) is 5.41 Å². The topological polar surface area (TPSA) is 65.7 Å². The summed E-state index contributed by atoms with van der Waals surface area (Å²) in [6.07, 6.45) is 2.00. The van der Waals surface area contributed by atoms with Gasteiger partial charge in [0.15, 0.2) is 8.32 Å². The molecule has 0 spiro atoms. The van der Waals surface area contributed by atoms with Crippen molar-refractivity contribution in [2.75, 3.05) is 13.7 Å². The minimum Gasteiger partial charge on any atom is -0.469 e. The van der Waals surface area contributed by atoms with Crippen molar-refractivity contribution in [1.29, 1.82) is 0 Å². The van der Waals surface area contributed by atoms with E-state index >= 15 is 0 Å². The average Bonchev–Trinajstić information content (AvgIpc) is 3.22. The number of furan rings is 1. The highest BCUT2D eigenvalue weighted by atomic mass is 28.4. The van der Waals surface area contributed by atoms with Gasteiger partial charge in [0.1, 0.15) is 17.3 Å². The number of hydrogen-bond donors (Lipinski definition) is 0. The second-order valence-electron chi connectivity index (χ2n) is 9.91. The van der Waals surface area contributed by atoms with Crippen LogP contribution >= 0.6 is 0 Å². The largest absolute Gasteiger partial charge is 0.469 e. The van der Waals surface area contributed by atoms with Crippen LogP contribution in [0.25, 0.3) is 0 Å². The Morgan fingerprint density at radius 3 is 2.30 bits per heavy atom. The normalized spacial score (nSPS) is 22.5. The molecule has 2 rings (SSSR count). The smallest absolute Gasteiger partial charge is 0.306 e. The lowest BCUT2D eigenvalue weighted by molar-refractivity contribution is -0.146. The molecule has 0 unspecified atom stereocenters. The molecule has 0 amide bonds. The third kappa shape index (κ3) is 4.75. The Morgan fingerprint density at radius 2 is 1.77 bits per heavy atom. The van der Waals surface area contributed by atoms with Gasteiger partial charge in [0.05, 0.1) is 13.5 Å². The van der Waals surface area contributed by atoms with Gasteiger partial charge >= 0.3 is 5.97 Å². The van der Waals surface area contributed by atoms with Crippen molar-refractivity contribution in [1.82, 2.24) is 0 Å². The predicted octanol–water partition coefficient (Wildman–Crippen LogP) is 6.03. The zero-order valence-electron chi connectivity index (χ0n) is 20.0. The molecule has 170 valence electrons. The number of ketones is 1. The van der Waals surface area contributed by atoms with E-state index in [1.807, 2.05) is 19.1 Å². The van der Waals surface area contributed by atoms with E-state index in [1.165, 1.54) is 7.11 Å². The van der Waals surface area contributed by atoms with Crippen LogP contribution in [0.1, 0.15) is 85.2 Å². The number of hydrogen-bond acceptors (Lipinski definition) is 5. The van der Waals surface area contributed by atoms with Crippen LogP contribution < -0.4 is 0 Å². The standard InChI is InChI=1S/C24H40O5Si/c1-16(2)30(17(3)4,18(5)6)28-14-13-19-9-11-21(29-19)20-10-12-22(25)24(20,7)15-23(26)27-8/h9,11,16-18,20H,10,12-15H2,1-8H3/t20-,24-/m0/s1. The van der Waals surface area contributed by atoms with Crippen molar-refractivity contribution in [3.63, 3.8) is 0 Å². The van der Waals surface area contributed by atoms with E-state index in [1.54, 1.807) is 0 Å². The molecular weight excluding hydrogens is 396 g/mol. The lowest BCUT2D eigenvalue weighted by Crippen LogP contribution is -2.48. The Morgan fingerprint density at radius 1 is 1.17 bits per heavy atom. The van der Waals surface area contributed by atoms with Crippen LogP contribution in [0.5, 0.6) is 0 Å². The molecule has 0 aliphatic heterocycles. The quantitative estimate of drug-likeness (QED) is 0.331. The van der Waals surface area contributed by atoms with E-state index in [9.17, 15) is 9.59 Å². The fourth-order valence-corrected chi connectivity index (χ4v) is 11.1. The fraction of sp³-hybridized carbons (Fsp3) is 0.750. The molecule has 0 saturated heterocycles. The maximum Gasteiger partial charge on any atom is 0.306 e. The number of methoxy groups -OCH3 is 1. The van der Waals surface area contributed by atoms with Crippen LogP contribution in [0.2, 0.25) is 16.6 Å². The summed E-state index contributed by atoms with van der Waals surface area (Å²) < 4.78 is 17.6. The van der Waals surface area contributed by atoms with E-state index < -0.39 is 13.7 Å². The van der Waals surface area contributed by atoms with Gasteiger partial charge in [-0.15, -0.1) is 0 Å². The van der Waals surface area contributed by atoms with E-state index in [2.05, 4.69) is 41.5 Å². The Labute approximate surface area is 183 Å². The number of carbonyl (C=O) groups excluding carboxylic acids is 2. The minimum absolute atomic E-state index is 0.0887. The first-order valence-electron chi connectivity index (χ1n) is 11.3. The number of esters is 1. The summed E-state index contributed by atoms with van der Waals surface area (Å²) in [7, 11) is -0.532. The Hall–Kier alpha value is -1.40. The molecule has 0 aromatic carbocycles. The highest BCUT2D eigenvalue weighted by molar-refractivity contribution is 6.77. The van der Waals surface area contributed by atoms with Crippen molar-refractivity contribution in [2.45, 2.75) is 96.7 Å². The molecule has 1 aliphatic rings. The van der Waals surface area contributed by atoms with Gasteiger partial charge in [-0.05, 0) is 35.2 Å². The van der Waals surface area contributed by atoms with Crippen LogP contribution in [0.4, 0.5) is 0 Å². The summed E-state index contributed by atoms with van der Waals surface area (Å²) in [6, 6.07) is 3.95. The lowest BCUT2D eigenvalue weighted by atomic mass is 9.75. The zero-order valence-corrected chi connectivity index (χ0v) is 21.0. The van der Waals surface area contributed by atoms with Crippen molar-refractivity contribution < 1.29 is 23.2 Å². The first-order valence-corrected chi connectivity index (χ1v) is 13.5. The fourth-order valence-electron chi connectivity index (χ4n) is 5.67. The van der Waals surface area contributed by atoms with Gasteiger partial charge < -0.3 is 13.6 Å². The summed E-state index contributed by atoms with van der Waals surface area (Å²) in [6.45, 7) is 16.2. The number of rotatable bonds is 10. The van der Waals surface area contributed by atoms with Crippen LogP contribution in [-0.2, 0) is 25.2 Å². The summed E-state index contributed by atoms with van der Waals surface area (Å²) in [5.74, 6) is 1.34. The monoisotopic (exact) mass is 436 g/mol. The van der Waals surface area contributed by atoms with Gasteiger partial charge in [-0.2, -0.15) is 0 Å². The second kappa shape index (κ2) is 9.82. The Kier molecular flexibility index (Phi) is 8.13. The maximum absolute atomic E-state index is 12.5. The number of Topliss-reactive ketones (excluding diaryl/α,β-unsaturated/α-hetero) is 1. The van der Waals surface area contributed by atoms with Crippen LogP contribution in [0.15, 0.2) is 16.5 Å². The third-order valence-electron chi connectivity index (χ3n) is 7.24. The summed E-state index contributed by atoms with van der Waals surface area (Å²) in [5, 5.41) is 0. The molecule has 5 nitrogen and oxygen atoms in total. The lowest BCUT2D eigenvalue weighted by Gasteiger charge is -2.42. The molecule has 6 heteroatoms. The van der Waals surface area contributed by atoms with Crippen LogP contribution in [-0.4, -0.2) is 33.8 Å². The second-order valence-corrected chi connectivity index (χ2v) is 15.4. The number of ether oxygens (including phenoxy) is 1. The van der Waals surface area contributed by atoms with Crippen molar-refractivity contribution >= 4 is 20.1 Å². The molecular formula is C24H40O5Si. The van der Waals surface area contributed by atoms with Gasteiger partial charge in [0.2, 0.25) is 0 Å². The van der Waals surface area contributed by atoms with E-state index in [-0.39, 0.29) is 24.1 Å². The maximum atomic E-state index is 12.5. The Balaban J connectivity index is 2.10. The first-order chi connectivity index (χ1) is 14.0. The molecule has 1 aliphatic carbocycles. The molecule has 0 bridgehead atoms. The van der Waals surface area contributed by atoms with E-state index in [4.69, 9.17) is 13.6 Å². The summed E-state index contributed by atoms with van der Waals surface area (Å²) in [5.41, 5.74) is 0.892. The molecule has 2 atom stereocenters. The Bertz CT molecular complexity index is 714. The van der Waals surface area contributed by atoms with E-state index in [0.717, 1.165) is 17.9 Å². The summed E-state index contributed by atoms with van der Waals surface area (Å²) in [4.78, 5) is 24.4. The highest BCUT2D eigenvalue weighted by Gasteiger charge is 2.49. The molecule has 0 N–H and O–H groups in total. The highest BCUT2D eigenvalue weighted by Crippen LogP contribution is 2.49. The molecule has 1 aromatic rings. The van der Waals surface area contributed by atoms with E-state index in [0.29, 0.717) is 36.1 Å². The van der Waals surface area contributed by atoms with Crippen molar-refractivity contribution in [3.8, 4) is 0 Å². The third-order valence-corrected chi connectivity index (χ3v) is 13.4. The minimum atomic E-state index is -1.89. The van der Waals surface area contributed by atoms with Gasteiger partial charge in [-0.1, -0.05) is 48.5 Å². The molecule has 1 fully saturated rings. The molecule has 30 heavy (non-hydrogen) atoms. The zero-order chi connectivity index (χ0) is 22.7. The predicted molar refractivity (Wildman–Crippen MR) is 121 cm³/mol. The van der Waals surface area contributed by atoms with Gasteiger partial charge in [-0.3, -0.25) is 9.59 Å². The molecule has 1 saturated carbocycles. The SMILES string of the molecule is COC(=O)C[C@]1(C)C(=O)CC[C@H]1c1ccc(CCO[Si](C(C)C)(C(C)C)C(C)C)o1. The van der Waals surface area contributed by atoms with Crippen LogP contribution in [0, 0.1) is 5.41 Å². The molecule has 0 radical (unpaired) electrons. The van der Waals surface area contributed by atoms with Gasteiger partial charge in [-0.25, -0.2) is 0 Å².